The van der Waals surface area contributed by atoms with Crippen LogP contribution in [-0.2, 0) is 6.42 Å². The van der Waals surface area contributed by atoms with Crippen LogP contribution in [-0.4, -0.2) is 6.54 Å². The summed E-state index contributed by atoms with van der Waals surface area (Å²) in [7, 11) is 0. The van der Waals surface area contributed by atoms with E-state index in [-0.39, 0.29) is 17.7 Å². The Bertz CT molecular complexity index is 608. The van der Waals surface area contributed by atoms with Crippen molar-refractivity contribution in [3.05, 3.63) is 69.2 Å². The van der Waals surface area contributed by atoms with Crippen molar-refractivity contribution < 1.29 is 8.78 Å². The van der Waals surface area contributed by atoms with E-state index in [1.807, 2.05) is 19.1 Å². The van der Waals surface area contributed by atoms with Gasteiger partial charge in [0.1, 0.15) is 11.6 Å². The Kier molecular flexibility index (Phi) is 5.48. The lowest BCUT2D eigenvalue weighted by Gasteiger charge is -2.20. The van der Waals surface area contributed by atoms with E-state index in [0.29, 0.717) is 28.6 Å². The van der Waals surface area contributed by atoms with E-state index in [1.165, 1.54) is 12.1 Å². The van der Waals surface area contributed by atoms with Crippen molar-refractivity contribution in [2.45, 2.75) is 26.3 Å². The zero-order chi connectivity index (χ0) is 15.4. The van der Waals surface area contributed by atoms with Crippen LogP contribution in [0.15, 0.2) is 40.9 Å². The first-order valence-electron chi connectivity index (χ1n) is 6.94. The van der Waals surface area contributed by atoms with Crippen LogP contribution in [0.2, 0.25) is 0 Å². The van der Waals surface area contributed by atoms with Crippen molar-refractivity contribution in [3.8, 4) is 0 Å². The van der Waals surface area contributed by atoms with Gasteiger partial charge in [-0.25, -0.2) is 8.78 Å². The van der Waals surface area contributed by atoms with Crippen molar-refractivity contribution in [3.63, 3.8) is 0 Å². The lowest BCUT2D eigenvalue weighted by atomic mass is 9.97. The fourth-order valence-electron chi connectivity index (χ4n) is 2.44. The van der Waals surface area contributed by atoms with E-state index >= 15 is 0 Å². The number of hydrogen-bond donors (Lipinski definition) is 1. The minimum atomic E-state index is -0.292. The highest BCUT2D eigenvalue weighted by Crippen LogP contribution is 2.25. The minimum Gasteiger partial charge on any atom is -0.310 e. The monoisotopic (exact) mass is 353 g/mol. The van der Waals surface area contributed by atoms with Crippen molar-refractivity contribution >= 4 is 15.9 Å². The number of halogens is 3. The molecule has 0 spiro atoms. The zero-order valence-corrected chi connectivity index (χ0v) is 13.7. The van der Waals surface area contributed by atoms with Crippen molar-refractivity contribution in [2.24, 2.45) is 0 Å². The third-order valence-corrected chi connectivity index (χ3v) is 3.87. The number of likely N-dealkylation sites (N-methyl/N-ethyl adjacent to an activating group) is 1. The van der Waals surface area contributed by atoms with Gasteiger partial charge in [-0.15, -0.1) is 0 Å². The Morgan fingerprint density at radius 3 is 2.62 bits per heavy atom. The highest BCUT2D eigenvalue weighted by atomic mass is 79.9. The predicted molar refractivity (Wildman–Crippen MR) is 85.4 cm³/mol. The maximum atomic E-state index is 14.3. The van der Waals surface area contributed by atoms with Crippen LogP contribution in [0, 0.1) is 18.6 Å². The lowest BCUT2D eigenvalue weighted by Crippen LogP contribution is -2.24. The van der Waals surface area contributed by atoms with E-state index in [4.69, 9.17) is 0 Å². The van der Waals surface area contributed by atoms with Gasteiger partial charge >= 0.3 is 0 Å². The molecule has 0 saturated heterocycles. The van der Waals surface area contributed by atoms with Crippen LogP contribution >= 0.6 is 15.9 Å². The average molecular weight is 354 g/mol. The third-order valence-electron chi connectivity index (χ3n) is 3.41. The molecule has 0 aromatic heterocycles. The van der Waals surface area contributed by atoms with E-state index in [9.17, 15) is 8.78 Å². The predicted octanol–water partition coefficient (Wildman–Crippen LogP) is 4.93. The molecule has 0 aliphatic carbocycles. The van der Waals surface area contributed by atoms with E-state index in [1.54, 1.807) is 19.1 Å². The minimum absolute atomic E-state index is 0.177. The molecule has 1 atom stereocenters. The smallest absolute Gasteiger partial charge is 0.130 e. The summed E-state index contributed by atoms with van der Waals surface area (Å²) in [5.41, 5.74) is 2.07. The van der Waals surface area contributed by atoms with Crippen LogP contribution in [0.1, 0.15) is 29.7 Å². The summed E-state index contributed by atoms with van der Waals surface area (Å²) >= 11 is 3.29. The number of hydrogen-bond acceptors (Lipinski definition) is 1. The Morgan fingerprint density at radius 2 is 1.95 bits per heavy atom. The van der Waals surface area contributed by atoms with Crippen LogP contribution in [0.25, 0.3) is 0 Å². The summed E-state index contributed by atoms with van der Waals surface area (Å²) in [4.78, 5) is 0. The molecule has 0 aliphatic heterocycles. The van der Waals surface area contributed by atoms with Gasteiger partial charge in [-0.05, 0) is 49.2 Å². The Balaban J connectivity index is 2.32. The summed E-state index contributed by atoms with van der Waals surface area (Å²) in [6, 6.07) is 9.97. The van der Waals surface area contributed by atoms with E-state index in [2.05, 4.69) is 21.2 Å². The molecule has 1 N–H and O–H groups in total. The quantitative estimate of drug-likeness (QED) is 0.803. The van der Waals surface area contributed by atoms with Gasteiger partial charge in [0.05, 0.1) is 0 Å². The van der Waals surface area contributed by atoms with Crippen LogP contribution in [0.4, 0.5) is 8.78 Å². The van der Waals surface area contributed by atoms with Crippen molar-refractivity contribution in [1.29, 1.82) is 0 Å². The number of benzene rings is 2. The molecule has 0 heterocycles. The molecule has 112 valence electrons. The first kappa shape index (κ1) is 16.1. The van der Waals surface area contributed by atoms with Crippen molar-refractivity contribution in [1.82, 2.24) is 5.32 Å². The van der Waals surface area contributed by atoms with Crippen LogP contribution in [0.5, 0.6) is 0 Å². The number of nitrogens with one attached hydrogen (secondary N) is 1. The second-order valence-corrected chi connectivity index (χ2v) is 5.99. The van der Waals surface area contributed by atoms with Gasteiger partial charge < -0.3 is 5.32 Å². The highest BCUT2D eigenvalue weighted by molar-refractivity contribution is 9.10. The van der Waals surface area contributed by atoms with Gasteiger partial charge in [-0.3, -0.25) is 0 Å². The highest BCUT2D eigenvalue weighted by Gasteiger charge is 2.17. The van der Waals surface area contributed by atoms with E-state index in [0.717, 1.165) is 5.56 Å². The first-order chi connectivity index (χ1) is 10.0. The van der Waals surface area contributed by atoms with Gasteiger partial charge in [0.25, 0.3) is 0 Å². The molecular weight excluding hydrogens is 336 g/mol. The Hall–Kier alpha value is -1.26. The lowest BCUT2D eigenvalue weighted by molar-refractivity contribution is 0.505. The topological polar surface area (TPSA) is 12.0 Å². The number of aryl methyl sites for hydroxylation is 1. The molecular formula is C17H18BrF2N. The summed E-state index contributed by atoms with van der Waals surface area (Å²) in [6.07, 6.45) is 0.532. The van der Waals surface area contributed by atoms with Gasteiger partial charge in [0.15, 0.2) is 0 Å². The van der Waals surface area contributed by atoms with Gasteiger partial charge in [-0.1, -0.05) is 41.1 Å². The molecule has 0 saturated carbocycles. The molecule has 0 radical (unpaired) electrons. The molecule has 0 amide bonds. The molecule has 0 bridgehead atoms. The Morgan fingerprint density at radius 1 is 1.19 bits per heavy atom. The second-order valence-electron chi connectivity index (χ2n) is 5.07. The van der Waals surface area contributed by atoms with Gasteiger partial charge in [0, 0.05) is 16.1 Å². The normalized spacial score (nSPS) is 12.4. The van der Waals surface area contributed by atoms with Crippen LogP contribution < -0.4 is 5.32 Å². The molecule has 2 aromatic carbocycles. The summed E-state index contributed by atoms with van der Waals surface area (Å²) in [5, 5.41) is 3.28. The first-order valence-corrected chi connectivity index (χ1v) is 7.74. The van der Waals surface area contributed by atoms with E-state index < -0.39 is 0 Å². The fraction of sp³-hybridized carbons (Fsp3) is 0.294. The maximum absolute atomic E-state index is 14.3. The SMILES string of the molecule is CCNC(Cc1cc(F)cc(Br)c1)c1cccc(C)c1F. The average Bonchev–Trinajstić information content (AvgIpc) is 2.40. The molecule has 0 fully saturated rings. The number of rotatable bonds is 5. The third kappa shape index (κ3) is 4.11. The van der Waals surface area contributed by atoms with Crippen LogP contribution in [0.3, 0.4) is 0 Å². The summed E-state index contributed by atoms with van der Waals surface area (Å²) in [6.45, 7) is 4.44. The molecule has 4 heteroatoms. The maximum Gasteiger partial charge on any atom is 0.130 e. The molecule has 1 nitrogen and oxygen atoms in total. The van der Waals surface area contributed by atoms with Crippen molar-refractivity contribution in [2.75, 3.05) is 6.54 Å². The fourth-order valence-corrected chi connectivity index (χ4v) is 2.95. The molecule has 2 rings (SSSR count). The molecule has 2 aromatic rings. The van der Waals surface area contributed by atoms with Gasteiger partial charge in [-0.2, -0.15) is 0 Å². The van der Waals surface area contributed by atoms with Gasteiger partial charge in [0.2, 0.25) is 0 Å². The second kappa shape index (κ2) is 7.14. The molecule has 21 heavy (non-hydrogen) atoms. The standard InChI is InChI=1S/C17H18BrF2N/c1-3-21-16(15-6-4-5-11(2)17(15)20)9-12-7-13(18)10-14(19)8-12/h4-8,10,16,21H,3,9H2,1-2H3. The zero-order valence-electron chi connectivity index (χ0n) is 12.1. The summed E-state index contributed by atoms with van der Waals surface area (Å²) in [5.74, 6) is -0.488. The largest absolute Gasteiger partial charge is 0.310 e. The molecule has 1 unspecified atom stereocenters. The summed E-state index contributed by atoms with van der Waals surface area (Å²) < 4.78 is 28.5. The Labute approximate surface area is 132 Å². The molecule has 0 aliphatic rings.